The SMILES string of the molecule is CC(C)CN1CCN(CCC(=O)NCc2ccccc2Cl)CC1. The van der Waals surface area contributed by atoms with Gasteiger partial charge in [-0.2, -0.15) is 0 Å². The van der Waals surface area contributed by atoms with E-state index >= 15 is 0 Å². The smallest absolute Gasteiger partial charge is 0.221 e. The minimum Gasteiger partial charge on any atom is -0.352 e. The molecule has 5 heteroatoms. The van der Waals surface area contributed by atoms with Gasteiger partial charge in [0.05, 0.1) is 0 Å². The van der Waals surface area contributed by atoms with E-state index in [-0.39, 0.29) is 5.91 Å². The fourth-order valence-electron chi connectivity index (χ4n) is 2.90. The van der Waals surface area contributed by atoms with Gasteiger partial charge in [0.15, 0.2) is 0 Å². The highest BCUT2D eigenvalue weighted by Gasteiger charge is 2.17. The molecule has 1 aliphatic heterocycles. The number of amides is 1. The summed E-state index contributed by atoms with van der Waals surface area (Å²) in [7, 11) is 0. The van der Waals surface area contributed by atoms with Gasteiger partial charge in [-0.05, 0) is 17.5 Å². The lowest BCUT2D eigenvalue weighted by Gasteiger charge is -2.35. The zero-order valence-corrected chi connectivity index (χ0v) is 15.0. The van der Waals surface area contributed by atoms with Gasteiger partial charge < -0.3 is 15.1 Å². The Balaban J connectivity index is 1.63. The molecule has 0 spiro atoms. The summed E-state index contributed by atoms with van der Waals surface area (Å²) in [4.78, 5) is 16.9. The summed E-state index contributed by atoms with van der Waals surface area (Å²) in [5.74, 6) is 0.812. The molecule has 1 saturated heterocycles. The Kier molecular flexibility index (Phi) is 7.34. The number of carbonyl (C=O) groups excluding carboxylic acids is 1. The number of halogens is 1. The Morgan fingerprint density at radius 3 is 2.48 bits per heavy atom. The fraction of sp³-hybridized carbons (Fsp3) is 0.611. The van der Waals surface area contributed by atoms with Crippen molar-refractivity contribution in [2.45, 2.75) is 26.8 Å². The summed E-state index contributed by atoms with van der Waals surface area (Å²) in [5.41, 5.74) is 0.963. The predicted octanol–water partition coefficient (Wildman–Crippen LogP) is 2.62. The fourth-order valence-corrected chi connectivity index (χ4v) is 3.10. The maximum atomic E-state index is 12.0. The van der Waals surface area contributed by atoms with Gasteiger partial charge in [0, 0.05) is 57.3 Å². The molecule has 23 heavy (non-hydrogen) atoms. The number of rotatable bonds is 7. The Bertz CT molecular complexity index is 499. The van der Waals surface area contributed by atoms with E-state index in [0.29, 0.717) is 18.0 Å². The number of hydrogen-bond donors (Lipinski definition) is 1. The molecule has 0 radical (unpaired) electrons. The lowest BCUT2D eigenvalue weighted by Crippen LogP contribution is -2.48. The summed E-state index contributed by atoms with van der Waals surface area (Å²) >= 11 is 6.09. The van der Waals surface area contributed by atoms with E-state index in [0.717, 1.165) is 44.2 Å². The lowest BCUT2D eigenvalue weighted by atomic mass is 10.2. The number of nitrogens with zero attached hydrogens (tertiary/aromatic N) is 2. The molecule has 0 aliphatic carbocycles. The zero-order valence-electron chi connectivity index (χ0n) is 14.2. The summed E-state index contributed by atoms with van der Waals surface area (Å²) in [6, 6.07) is 7.62. The first-order chi connectivity index (χ1) is 11.0. The first kappa shape index (κ1) is 18.2. The van der Waals surface area contributed by atoms with Crippen LogP contribution < -0.4 is 5.32 Å². The van der Waals surface area contributed by atoms with Crippen LogP contribution in [0.15, 0.2) is 24.3 Å². The maximum absolute atomic E-state index is 12.0. The van der Waals surface area contributed by atoms with E-state index in [1.807, 2.05) is 24.3 Å². The molecule has 0 unspecified atom stereocenters. The molecule has 4 nitrogen and oxygen atoms in total. The zero-order chi connectivity index (χ0) is 16.7. The molecule has 0 atom stereocenters. The van der Waals surface area contributed by atoms with Crippen LogP contribution in [0.4, 0.5) is 0 Å². The molecule has 1 aromatic rings. The van der Waals surface area contributed by atoms with Crippen molar-refractivity contribution in [3.8, 4) is 0 Å². The number of piperazine rings is 1. The van der Waals surface area contributed by atoms with Crippen LogP contribution in [0.2, 0.25) is 5.02 Å². The molecule has 1 amide bonds. The van der Waals surface area contributed by atoms with Crippen LogP contribution in [0.5, 0.6) is 0 Å². The quantitative estimate of drug-likeness (QED) is 0.830. The van der Waals surface area contributed by atoms with E-state index in [1.165, 1.54) is 6.54 Å². The second kappa shape index (κ2) is 9.26. The summed E-state index contributed by atoms with van der Waals surface area (Å²) < 4.78 is 0. The van der Waals surface area contributed by atoms with Gasteiger partial charge in [-0.1, -0.05) is 43.6 Å². The van der Waals surface area contributed by atoms with Gasteiger partial charge >= 0.3 is 0 Å². The van der Waals surface area contributed by atoms with Crippen molar-refractivity contribution in [3.05, 3.63) is 34.9 Å². The Hall–Kier alpha value is -1.10. The van der Waals surface area contributed by atoms with Gasteiger partial charge in [-0.15, -0.1) is 0 Å². The standard InChI is InChI=1S/C18H28ClN3O/c1-15(2)14-22-11-9-21(10-12-22)8-7-18(23)20-13-16-5-3-4-6-17(16)19/h3-6,15H,7-14H2,1-2H3,(H,20,23). The molecule has 2 rings (SSSR count). The molecule has 1 aromatic carbocycles. The van der Waals surface area contributed by atoms with Crippen LogP contribution >= 0.6 is 11.6 Å². The van der Waals surface area contributed by atoms with Gasteiger partial charge in [0.2, 0.25) is 5.91 Å². The van der Waals surface area contributed by atoms with Crippen LogP contribution in [0.3, 0.4) is 0 Å². The van der Waals surface area contributed by atoms with Crippen molar-refractivity contribution < 1.29 is 4.79 Å². The van der Waals surface area contributed by atoms with E-state index in [9.17, 15) is 4.79 Å². The summed E-state index contributed by atoms with van der Waals surface area (Å²) in [5, 5.41) is 3.66. The lowest BCUT2D eigenvalue weighted by molar-refractivity contribution is -0.121. The molecule has 0 saturated carbocycles. The number of carbonyl (C=O) groups is 1. The molecule has 1 N–H and O–H groups in total. The van der Waals surface area contributed by atoms with E-state index < -0.39 is 0 Å². The molecular formula is C18H28ClN3O. The normalized spacial score (nSPS) is 16.7. The largest absolute Gasteiger partial charge is 0.352 e. The number of hydrogen-bond acceptors (Lipinski definition) is 3. The molecule has 1 heterocycles. The van der Waals surface area contributed by atoms with Crippen LogP contribution in [0.25, 0.3) is 0 Å². The highest BCUT2D eigenvalue weighted by atomic mass is 35.5. The number of benzene rings is 1. The predicted molar refractivity (Wildman–Crippen MR) is 95.6 cm³/mol. The minimum atomic E-state index is 0.0922. The third kappa shape index (κ3) is 6.50. The minimum absolute atomic E-state index is 0.0922. The molecule has 0 bridgehead atoms. The molecule has 1 fully saturated rings. The van der Waals surface area contributed by atoms with Gasteiger partial charge in [0.1, 0.15) is 0 Å². The number of nitrogens with one attached hydrogen (secondary N) is 1. The van der Waals surface area contributed by atoms with Gasteiger partial charge in [0.25, 0.3) is 0 Å². The van der Waals surface area contributed by atoms with Crippen molar-refractivity contribution in [3.63, 3.8) is 0 Å². The summed E-state index contributed by atoms with van der Waals surface area (Å²) in [6.45, 7) is 11.4. The van der Waals surface area contributed by atoms with Gasteiger partial charge in [-0.3, -0.25) is 4.79 Å². The second-order valence-electron chi connectivity index (χ2n) is 6.65. The van der Waals surface area contributed by atoms with Crippen LogP contribution in [0.1, 0.15) is 25.8 Å². The highest BCUT2D eigenvalue weighted by Crippen LogP contribution is 2.14. The highest BCUT2D eigenvalue weighted by molar-refractivity contribution is 6.31. The third-order valence-electron chi connectivity index (χ3n) is 4.18. The van der Waals surface area contributed by atoms with Crippen molar-refractivity contribution in [2.24, 2.45) is 5.92 Å². The Labute approximate surface area is 144 Å². The molecule has 1 aliphatic rings. The van der Waals surface area contributed by atoms with Crippen molar-refractivity contribution in [1.29, 1.82) is 0 Å². The van der Waals surface area contributed by atoms with Crippen molar-refractivity contribution >= 4 is 17.5 Å². The van der Waals surface area contributed by atoms with Crippen molar-refractivity contribution in [2.75, 3.05) is 39.3 Å². The Morgan fingerprint density at radius 1 is 1.17 bits per heavy atom. The van der Waals surface area contributed by atoms with E-state index in [4.69, 9.17) is 11.6 Å². The monoisotopic (exact) mass is 337 g/mol. The van der Waals surface area contributed by atoms with Gasteiger partial charge in [-0.25, -0.2) is 0 Å². The summed E-state index contributed by atoms with van der Waals surface area (Å²) in [6.07, 6.45) is 0.550. The first-order valence-electron chi connectivity index (χ1n) is 8.49. The van der Waals surface area contributed by atoms with Crippen LogP contribution in [-0.2, 0) is 11.3 Å². The van der Waals surface area contributed by atoms with Crippen LogP contribution in [0, 0.1) is 5.92 Å². The van der Waals surface area contributed by atoms with E-state index in [2.05, 4.69) is 29.0 Å². The molecular weight excluding hydrogens is 310 g/mol. The van der Waals surface area contributed by atoms with Crippen LogP contribution in [-0.4, -0.2) is 55.0 Å². The van der Waals surface area contributed by atoms with E-state index in [1.54, 1.807) is 0 Å². The molecule has 0 aromatic heterocycles. The average molecular weight is 338 g/mol. The van der Waals surface area contributed by atoms with Crippen molar-refractivity contribution in [1.82, 2.24) is 15.1 Å². The topological polar surface area (TPSA) is 35.6 Å². The third-order valence-corrected chi connectivity index (χ3v) is 4.55. The first-order valence-corrected chi connectivity index (χ1v) is 8.87. The Morgan fingerprint density at radius 2 is 1.83 bits per heavy atom. The maximum Gasteiger partial charge on any atom is 0.221 e. The average Bonchev–Trinajstić information content (AvgIpc) is 2.53. The molecule has 128 valence electrons. The second-order valence-corrected chi connectivity index (χ2v) is 7.06.